The van der Waals surface area contributed by atoms with Gasteiger partial charge in [-0.15, -0.1) is 0 Å². The fraction of sp³-hybridized carbons (Fsp3) is 0.435. The number of aryl methyl sites for hydroxylation is 3. The van der Waals surface area contributed by atoms with Gasteiger partial charge in [0.1, 0.15) is 12.4 Å². The molecule has 1 aliphatic heterocycles. The summed E-state index contributed by atoms with van der Waals surface area (Å²) in [6.45, 7) is 11.5. The van der Waals surface area contributed by atoms with E-state index < -0.39 is 0 Å². The number of ether oxygens (including phenoxy) is 1. The van der Waals surface area contributed by atoms with E-state index in [9.17, 15) is 4.79 Å². The molecule has 0 aliphatic carbocycles. The van der Waals surface area contributed by atoms with Gasteiger partial charge in [0, 0.05) is 32.7 Å². The van der Waals surface area contributed by atoms with Gasteiger partial charge in [0.05, 0.1) is 6.54 Å². The van der Waals surface area contributed by atoms with Gasteiger partial charge in [-0.05, 0) is 37.5 Å². The summed E-state index contributed by atoms with van der Waals surface area (Å²) in [5.41, 5.74) is 4.83. The number of hydrogen-bond acceptors (Lipinski definition) is 3. The lowest BCUT2D eigenvalue weighted by Gasteiger charge is -2.34. The van der Waals surface area contributed by atoms with Crippen LogP contribution >= 0.6 is 0 Å². The maximum atomic E-state index is 12.4. The monoisotopic (exact) mass is 381 g/mol. The van der Waals surface area contributed by atoms with Crippen LogP contribution in [0.1, 0.15) is 22.3 Å². The van der Waals surface area contributed by atoms with E-state index in [0.717, 1.165) is 49.6 Å². The van der Waals surface area contributed by atoms with E-state index in [0.29, 0.717) is 13.2 Å². The molecule has 1 fully saturated rings. The minimum atomic E-state index is 0.000288. The normalized spacial score (nSPS) is 14.8. The van der Waals surface area contributed by atoms with Gasteiger partial charge in [0.15, 0.2) is 0 Å². The van der Waals surface area contributed by atoms with Gasteiger partial charge in [0.25, 0.3) is 0 Å². The SMILES string of the molecule is Cc1cc(C)c(OCCNC(=O)N2CCN(Cc3ccccc3)CC2)c(C)c1. The van der Waals surface area contributed by atoms with Crippen molar-refractivity contribution in [2.24, 2.45) is 0 Å². The molecular weight excluding hydrogens is 350 g/mol. The van der Waals surface area contributed by atoms with Crippen LogP contribution in [0.4, 0.5) is 4.79 Å². The summed E-state index contributed by atoms with van der Waals surface area (Å²) in [7, 11) is 0. The molecule has 0 bridgehead atoms. The van der Waals surface area contributed by atoms with Crippen molar-refractivity contribution >= 4 is 6.03 Å². The van der Waals surface area contributed by atoms with E-state index in [1.165, 1.54) is 11.1 Å². The standard InChI is InChI=1S/C23H31N3O2/c1-18-15-19(2)22(20(3)16-18)28-14-9-24-23(27)26-12-10-25(11-13-26)17-21-7-5-4-6-8-21/h4-8,15-16H,9-14,17H2,1-3H3,(H,24,27). The second kappa shape index (κ2) is 9.60. The molecule has 2 aromatic carbocycles. The molecule has 3 rings (SSSR count). The fourth-order valence-corrected chi connectivity index (χ4v) is 3.77. The number of benzene rings is 2. The number of amides is 2. The number of nitrogens with zero attached hydrogens (tertiary/aromatic N) is 2. The molecule has 0 spiro atoms. The first kappa shape index (κ1) is 20.2. The Morgan fingerprint density at radius 1 is 1.00 bits per heavy atom. The smallest absolute Gasteiger partial charge is 0.317 e. The van der Waals surface area contributed by atoms with E-state index in [4.69, 9.17) is 4.74 Å². The average Bonchev–Trinajstić information content (AvgIpc) is 2.68. The fourth-order valence-electron chi connectivity index (χ4n) is 3.77. The molecular formula is C23H31N3O2. The Labute approximate surface area is 168 Å². The van der Waals surface area contributed by atoms with Gasteiger partial charge in [-0.2, -0.15) is 0 Å². The van der Waals surface area contributed by atoms with E-state index in [1.807, 2.05) is 11.0 Å². The highest BCUT2D eigenvalue weighted by Gasteiger charge is 2.20. The quantitative estimate of drug-likeness (QED) is 0.779. The van der Waals surface area contributed by atoms with Crippen molar-refractivity contribution in [2.75, 3.05) is 39.3 Å². The minimum absolute atomic E-state index is 0.000288. The number of urea groups is 1. The molecule has 0 aromatic heterocycles. The van der Waals surface area contributed by atoms with Gasteiger partial charge in [0.2, 0.25) is 0 Å². The molecule has 1 N–H and O–H groups in total. The van der Waals surface area contributed by atoms with Gasteiger partial charge in [-0.3, -0.25) is 4.90 Å². The number of hydrogen-bond donors (Lipinski definition) is 1. The van der Waals surface area contributed by atoms with Gasteiger partial charge < -0.3 is 15.0 Å². The molecule has 0 atom stereocenters. The topological polar surface area (TPSA) is 44.8 Å². The molecule has 1 heterocycles. The molecule has 0 saturated carbocycles. The van der Waals surface area contributed by atoms with Crippen molar-refractivity contribution in [3.8, 4) is 5.75 Å². The highest BCUT2D eigenvalue weighted by atomic mass is 16.5. The van der Waals surface area contributed by atoms with Gasteiger partial charge in [-0.25, -0.2) is 4.79 Å². The lowest BCUT2D eigenvalue weighted by molar-refractivity contribution is 0.134. The summed E-state index contributed by atoms with van der Waals surface area (Å²) in [5, 5.41) is 2.98. The van der Waals surface area contributed by atoms with Crippen molar-refractivity contribution in [1.29, 1.82) is 0 Å². The Morgan fingerprint density at radius 3 is 2.29 bits per heavy atom. The first-order valence-corrected chi connectivity index (χ1v) is 10.0. The summed E-state index contributed by atoms with van der Waals surface area (Å²) in [4.78, 5) is 16.7. The zero-order valence-corrected chi connectivity index (χ0v) is 17.2. The number of rotatable bonds is 6. The number of carbonyl (C=O) groups is 1. The van der Waals surface area contributed by atoms with Crippen molar-refractivity contribution in [1.82, 2.24) is 15.1 Å². The van der Waals surface area contributed by atoms with Crippen LogP contribution in [0.3, 0.4) is 0 Å². The minimum Gasteiger partial charge on any atom is -0.491 e. The second-order valence-corrected chi connectivity index (χ2v) is 7.56. The van der Waals surface area contributed by atoms with Crippen molar-refractivity contribution in [3.63, 3.8) is 0 Å². The average molecular weight is 382 g/mol. The molecule has 1 saturated heterocycles. The van der Waals surface area contributed by atoms with E-state index in [-0.39, 0.29) is 6.03 Å². The van der Waals surface area contributed by atoms with E-state index >= 15 is 0 Å². The van der Waals surface area contributed by atoms with Crippen LogP contribution in [-0.4, -0.2) is 55.2 Å². The van der Waals surface area contributed by atoms with Crippen LogP contribution in [0, 0.1) is 20.8 Å². The molecule has 5 heteroatoms. The van der Waals surface area contributed by atoms with Crippen LogP contribution in [0.2, 0.25) is 0 Å². The van der Waals surface area contributed by atoms with E-state index in [1.54, 1.807) is 0 Å². The molecule has 0 unspecified atom stereocenters. The third kappa shape index (κ3) is 5.49. The Balaban J connectivity index is 1.37. The molecule has 28 heavy (non-hydrogen) atoms. The van der Waals surface area contributed by atoms with Crippen LogP contribution in [0.25, 0.3) is 0 Å². The molecule has 2 aromatic rings. The highest BCUT2D eigenvalue weighted by Crippen LogP contribution is 2.24. The molecule has 0 radical (unpaired) electrons. The van der Waals surface area contributed by atoms with Gasteiger partial charge >= 0.3 is 6.03 Å². The summed E-state index contributed by atoms with van der Waals surface area (Å²) in [5.74, 6) is 0.925. The summed E-state index contributed by atoms with van der Waals surface area (Å²) in [6.07, 6.45) is 0. The lowest BCUT2D eigenvalue weighted by atomic mass is 10.1. The number of piperazine rings is 1. The third-order valence-corrected chi connectivity index (χ3v) is 5.14. The molecule has 150 valence electrons. The predicted molar refractivity (Wildman–Crippen MR) is 113 cm³/mol. The van der Waals surface area contributed by atoms with Crippen LogP contribution in [0.5, 0.6) is 5.75 Å². The molecule has 2 amide bonds. The summed E-state index contributed by atoms with van der Waals surface area (Å²) in [6, 6.07) is 14.7. The van der Waals surface area contributed by atoms with Crippen molar-refractivity contribution in [3.05, 3.63) is 64.7 Å². The summed E-state index contributed by atoms with van der Waals surface area (Å²) >= 11 is 0. The number of carbonyl (C=O) groups excluding carboxylic acids is 1. The summed E-state index contributed by atoms with van der Waals surface area (Å²) < 4.78 is 5.90. The zero-order chi connectivity index (χ0) is 19.9. The first-order chi connectivity index (χ1) is 13.5. The van der Waals surface area contributed by atoms with Crippen LogP contribution in [0.15, 0.2) is 42.5 Å². The van der Waals surface area contributed by atoms with E-state index in [2.05, 4.69) is 67.4 Å². The van der Waals surface area contributed by atoms with Crippen molar-refractivity contribution < 1.29 is 9.53 Å². The predicted octanol–water partition coefficient (Wildman–Crippen LogP) is 3.52. The Morgan fingerprint density at radius 2 is 1.64 bits per heavy atom. The maximum absolute atomic E-state index is 12.4. The Hall–Kier alpha value is -2.53. The van der Waals surface area contributed by atoms with Gasteiger partial charge in [-0.1, -0.05) is 48.0 Å². The molecule has 1 aliphatic rings. The third-order valence-electron chi connectivity index (χ3n) is 5.14. The lowest BCUT2D eigenvalue weighted by Crippen LogP contribution is -2.51. The largest absolute Gasteiger partial charge is 0.491 e. The Kier molecular flexibility index (Phi) is 6.93. The van der Waals surface area contributed by atoms with Crippen LogP contribution in [-0.2, 0) is 6.54 Å². The Bertz CT molecular complexity index is 761. The zero-order valence-electron chi connectivity index (χ0n) is 17.2. The number of nitrogens with one attached hydrogen (secondary N) is 1. The second-order valence-electron chi connectivity index (χ2n) is 7.56. The van der Waals surface area contributed by atoms with Crippen LogP contribution < -0.4 is 10.1 Å². The first-order valence-electron chi connectivity index (χ1n) is 10.0. The van der Waals surface area contributed by atoms with Crippen molar-refractivity contribution in [2.45, 2.75) is 27.3 Å². The maximum Gasteiger partial charge on any atom is 0.317 e. The molecule has 5 nitrogen and oxygen atoms in total. The highest BCUT2D eigenvalue weighted by molar-refractivity contribution is 5.74.